The SMILES string of the molecule is O=C(O[C@H]1C[C@H]2COC[C@@H](C1)N2)c1cn(-c2ccncc2)c2ccccc12. The highest BCUT2D eigenvalue weighted by atomic mass is 16.5. The first-order chi connectivity index (χ1) is 13.3. The summed E-state index contributed by atoms with van der Waals surface area (Å²) in [5.41, 5.74) is 2.54. The molecule has 138 valence electrons. The third-order valence-electron chi connectivity index (χ3n) is 5.35. The fourth-order valence-electron chi connectivity index (χ4n) is 4.16. The molecular weight excluding hydrogens is 342 g/mol. The zero-order valence-electron chi connectivity index (χ0n) is 14.9. The number of nitrogens with one attached hydrogen (secondary N) is 1. The highest BCUT2D eigenvalue weighted by molar-refractivity contribution is 6.05. The number of pyridine rings is 1. The van der Waals surface area contributed by atoms with E-state index >= 15 is 0 Å². The molecule has 4 heterocycles. The Morgan fingerprint density at radius 1 is 1.11 bits per heavy atom. The molecule has 0 saturated carbocycles. The molecule has 6 nitrogen and oxygen atoms in total. The van der Waals surface area contributed by atoms with Gasteiger partial charge in [0.25, 0.3) is 0 Å². The second-order valence-electron chi connectivity index (χ2n) is 7.23. The standard InChI is InChI=1S/C21H21N3O3/c25-21(27-17-9-14-12-26-13-15(10-17)23-14)19-11-24(16-5-7-22-8-6-16)20-4-2-1-3-18(19)20/h1-8,11,14-15,17,23H,9-10,12-13H2/t14-,15+,17-. The van der Waals surface area contributed by atoms with Crippen LogP contribution in [0.5, 0.6) is 0 Å². The van der Waals surface area contributed by atoms with Crippen molar-refractivity contribution in [2.24, 2.45) is 0 Å². The van der Waals surface area contributed by atoms with E-state index in [1.54, 1.807) is 12.4 Å². The van der Waals surface area contributed by atoms with Gasteiger partial charge in [-0.15, -0.1) is 0 Å². The summed E-state index contributed by atoms with van der Waals surface area (Å²) in [5.74, 6) is -0.259. The van der Waals surface area contributed by atoms with Gasteiger partial charge in [0, 0.05) is 54.6 Å². The van der Waals surface area contributed by atoms with Crippen molar-refractivity contribution in [3.8, 4) is 5.69 Å². The van der Waals surface area contributed by atoms with Crippen molar-refractivity contribution in [2.75, 3.05) is 13.2 Å². The first-order valence-electron chi connectivity index (χ1n) is 9.33. The number of benzene rings is 1. The summed E-state index contributed by atoms with van der Waals surface area (Å²) < 4.78 is 13.5. The molecule has 2 saturated heterocycles. The van der Waals surface area contributed by atoms with Crippen LogP contribution in [0.15, 0.2) is 55.0 Å². The lowest BCUT2D eigenvalue weighted by Gasteiger charge is -2.39. The maximum Gasteiger partial charge on any atom is 0.340 e. The van der Waals surface area contributed by atoms with Gasteiger partial charge in [-0.25, -0.2) is 4.79 Å². The number of esters is 1. The van der Waals surface area contributed by atoms with Gasteiger partial charge in [-0.2, -0.15) is 0 Å². The normalized spacial score (nSPS) is 24.7. The van der Waals surface area contributed by atoms with E-state index in [0.29, 0.717) is 18.8 Å². The van der Waals surface area contributed by atoms with E-state index in [-0.39, 0.29) is 24.2 Å². The van der Waals surface area contributed by atoms with Crippen LogP contribution in [-0.4, -0.2) is 46.9 Å². The molecule has 0 unspecified atom stereocenters. The van der Waals surface area contributed by atoms with Crippen LogP contribution >= 0.6 is 0 Å². The van der Waals surface area contributed by atoms with Crippen LogP contribution in [0.25, 0.3) is 16.6 Å². The predicted molar refractivity (Wildman–Crippen MR) is 101 cm³/mol. The topological polar surface area (TPSA) is 65.4 Å². The van der Waals surface area contributed by atoms with Crippen LogP contribution in [0.2, 0.25) is 0 Å². The Kier molecular flexibility index (Phi) is 4.14. The number of aromatic nitrogens is 2. The maximum atomic E-state index is 13.0. The number of fused-ring (bicyclic) bond motifs is 3. The summed E-state index contributed by atoms with van der Waals surface area (Å²) in [4.78, 5) is 17.1. The monoisotopic (exact) mass is 363 g/mol. The smallest absolute Gasteiger partial charge is 0.340 e. The van der Waals surface area contributed by atoms with Crippen molar-refractivity contribution < 1.29 is 14.3 Å². The van der Waals surface area contributed by atoms with Gasteiger partial charge in [0.1, 0.15) is 6.10 Å². The van der Waals surface area contributed by atoms with Crippen molar-refractivity contribution in [3.63, 3.8) is 0 Å². The van der Waals surface area contributed by atoms with Gasteiger partial charge in [-0.1, -0.05) is 18.2 Å². The average molecular weight is 363 g/mol. The summed E-state index contributed by atoms with van der Waals surface area (Å²) in [6.07, 6.45) is 6.89. The first kappa shape index (κ1) is 16.5. The van der Waals surface area contributed by atoms with Crippen molar-refractivity contribution >= 4 is 16.9 Å². The Balaban J connectivity index is 1.45. The summed E-state index contributed by atoms with van der Waals surface area (Å²) >= 11 is 0. The van der Waals surface area contributed by atoms with Crippen LogP contribution in [0.3, 0.4) is 0 Å². The van der Waals surface area contributed by atoms with E-state index in [1.807, 2.05) is 47.2 Å². The van der Waals surface area contributed by atoms with E-state index in [0.717, 1.165) is 29.4 Å². The number of rotatable bonds is 3. The minimum absolute atomic E-state index is 0.0688. The number of carbonyl (C=O) groups is 1. The fraction of sp³-hybridized carbons (Fsp3) is 0.333. The van der Waals surface area contributed by atoms with Gasteiger partial charge < -0.3 is 19.4 Å². The lowest BCUT2D eigenvalue weighted by Crippen LogP contribution is -2.56. The lowest BCUT2D eigenvalue weighted by atomic mass is 9.94. The van der Waals surface area contributed by atoms with Crippen molar-refractivity contribution in [1.29, 1.82) is 0 Å². The summed E-state index contributed by atoms with van der Waals surface area (Å²) in [6.45, 7) is 1.37. The average Bonchev–Trinajstić information content (AvgIpc) is 3.08. The molecule has 3 atom stereocenters. The van der Waals surface area contributed by atoms with E-state index < -0.39 is 0 Å². The lowest BCUT2D eigenvalue weighted by molar-refractivity contribution is -0.0339. The molecule has 1 N–H and O–H groups in total. The molecule has 2 fully saturated rings. The summed E-state index contributed by atoms with van der Waals surface area (Å²) in [7, 11) is 0. The number of nitrogens with zero attached hydrogens (tertiary/aromatic N) is 2. The highest BCUT2D eigenvalue weighted by Gasteiger charge is 2.34. The second-order valence-corrected chi connectivity index (χ2v) is 7.23. The highest BCUT2D eigenvalue weighted by Crippen LogP contribution is 2.27. The number of ether oxygens (including phenoxy) is 2. The molecule has 6 heteroatoms. The molecule has 2 aliphatic heterocycles. The molecule has 0 spiro atoms. The van der Waals surface area contributed by atoms with Crippen LogP contribution < -0.4 is 5.32 Å². The molecule has 0 aliphatic carbocycles. The summed E-state index contributed by atoms with van der Waals surface area (Å²) in [6, 6.07) is 12.3. The third kappa shape index (κ3) is 3.11. The quantitative estimate of drug-likeness (QED) is 0.725. The van der Waals surface area contributed by atoms with Crippen molar-refractivity contribution in [3.05, 3.63) is 60.6 Å². The van der Waals surface area contributed by atoms with Gasteiger partial charge in [0.2, 0.25) is 0 Å². The van der Waals surface area contributed by atoms with E-state index in [9.17, 15) is 4.79 Å². The van der Waals surface area contributed by atoms with E-state index in [4.69, 9.17) is 9.47 Å². The molecular formula is C21H21N3O3. The Hall–Kier alpha value is -2.70. The number of morpholine rings is 1. The van der Waals surface area contributed by atoms with Gasteiger partial charge in [0.05, 0.1) is 24.3 Å². The van der Waals surface area contributed by atoms with Crippen LogP contribution in [0, 0.1) is 0 Å². The minimum Gasteiger partial charge on any atom is -0.459 e. The maximum absolute atomic E-state index is 13.0. The predicted octanol–water partition coefficient (Wildman–Crippen LogP) is 2.70. The van der Waals surface area contributed by atoms with Crippen LogP contribution in [0.4, 0.5) is 0 Å². The van der Waals surface area contributed by atoms with Gasteiger partial charge in [-0.05, 0) is 18.2 Å². The molecule has 2 bridgehead atoms. The molecule has 27 heavy (non-hydrogen) atoms. The molecule has 2 aromatic heterocycles. The van der Waals surface area contributed by atoms with Gasteiger partial charge in [-0.3, -0.25) is 4.98 Å². The Bertz CT molecular complexity index is 957. The largest absolute Gasteiger partial charge is 0.459 e. The van der Waals surface area contributed by atoms with Crippen LogP contribution in [-0.2, 0) is 9.47 Å². The van der Waals surface area contributed by atoms with Crippen molar-refractivity contribution in [2.45, 2.75) is 31.0 Å². The first-order valence-corrected chi connectivity index (χ1v) is 9.33. The Morgan fingerprint density at radius 2 is 1.85 bits per heavy atom. The van der Waals surface area contributed by atoms with E-state index in [1.165, 1.54) is 0 Å². The van der Waals surface area contributed by atoms with Crippen LogP contribution in [0.1, 0.15) is 23.2 Å². The molecule has 3 aromatic rings. The Morgan fingerprint density at radius 3 is 2.63 bits per heavy atom. The zero-order chi connectivity index (χ0) is 18.2. The number of carbonyl (C=O) groups excluding carboxylic acids is 1. The molecule has 0 amide bonds. The zero-order valence-corrected chi connectivity index (χ0v) is 14.9. The van der Waals surface area contributed by atoms with E-state index in [2.05, 4.69) is 10.3 Å². The number of para-hydroxylation sites is 1. The summed E-state index contributed by atoms with van der Waals surface area (Å²) in [5, 5.41) is 4.42. The number of hydrogen-bond acceptors (Lipinski definition) is 5. The minimum atomic E-state index is -0.259. The third-order valence-corrected chi connectivity index (χ3v) is 5.35. The Labute approximate surface area is 157 Å². The molecule has 2 aliphatic rings. The number of piperidine rings is 1. The van der Waals surface area contributed by atoms with Crippen molar-refractivity contribution in [1.82, 2.24) is 14.9 Å². The molecule has 0 radical (unpaired) electrons. The fourth-order valence-corrected chi connectivity index (χ4v) is 4.16. The molecule has 1 aromatic carbocycles. The molecule has 5 rings (SSSR count). The number of hydrogen-bond donors (Lipinski definition) is 1. The second kappa shape index (κ2) is 6.79. The van der Waals surface area contributed by atoms with Gasteiger partial charge >= 0.3 is 5.97 Å². The van der Waals surface area contributed by atoms with Gasteiger partial charge in [0.15, 0.2) is 0 Å².